The summed E-state index contributed by atoms with van der Waals surface area (Å²) in [5.41, 5.74) is 1.62. The van der Waals surface area contributed by atoms with Crippen molar-refractivity contribution >= 4 is 17.3 Å². The summed E-state index contributed by atoms with van der Waals surface area (Å²) >= 11 is 0. The van der Waals surface area contributed by atoms with Crippen molar-refractivity contribution in [2.75, 3.05) is 5.32 Å². The number of nitro groups is 1. The number of non-ortho nitro benzene ring substituents is 1. The standard InChI is InChI=1S/C20H18N2O5/c1-2-14-3-9-17(10-4-14)26-13-18-11-12-19(27-18)20(23)21-15-5-7-16(8-6-15)22(24)25/h3-12H,2,13H2,1H3,(H,21,23). The number of anilines is 1. The number of carbonyl (C=O) groups is 1. The molecule has 0 saturated heterocycles. The number of nitrogens with one attached hydrogen (secondary N) is 1. The molecule has 0 aliphatic rings. The summed E-state index contributed by atoms with van der Waals surface area (Å²) < 4.78 is 11.2. The lowest BCUT2D eigenvalue weighted by molar-refractivity contribution is -0.384. The summed E-state index contributed by atoms with van der Waals surface area (Å²) in [6.45, 7) is 2.29. The van der Waals surface area contributed by atoms with Crippen molar-refractivity contribution < 1.29 is 18.9 Å². The Morgan fingerprint density at radius 3 is 2.41 bits per heavy atom. The van der Waals surface area contributed by atoms with Gasteiger partial charge < -0.3 is 14.5 Å². The predicted octanol–water partition coefficient (Wildman–Crippen LogP) is 4.58. The first-order valence-corrected chi connectivity index (χ1v) is 8.41. The fourth-order valence-electron chi connectivity index (χ4n) is 2.41. The predicted molar refractivity (Wildman–Crippen MR) is 99.9 cm³/mol. The second-order valence-electron chi connectivity index (χ2n) is 5.81. The largest absolute Gasteiger partial charge is 0.486 e. The molecule has 0 spiro atoms. The Bertz CT molecular complexity index is 930. The molecule has 0 radical (unpaired) electrons. The zero-order valence-electron chi connectivity index (χ0n) is 14.7. The molecular weight excluding hydrogens is 348 g/mol. The summed E-state index contributed by atoms with van der Waals surface area (Å²) in [4.78, 5) is 22.4. The molecule has 138 valence electrons. The van der Waals surface area contributed by atoms with Crippen LogP contribution in [-0.2, 0) is 13.0 Å². The van der Waals surface area contributed by atoms with Gasteiger partial charge in [-0.15, -0.1) is 0 Å². The minimum Gasteiger partial charge on any atom is -0.486 e. The molecule has 0 atom stereocenters. The van der Waals surface area contributed by atoms with E-state index in [0.717, 1.165) is 12.2 Å². The second-order valence-corrected chi connectivity index (χ2v) is 5.81. The van der Waals surface area contributed by atoms with Gasteiger partial charge in [0.1, 0.15) is 18.1 Å². The molecule has 3 aromatic rings. The number of benzene rings is 2. The maximum Gasteiger partial charge on any atom is 0.291 e. The third-order valence-corrected chi connectivity index (χ3v) is 3.93. The van der Waals surface area contributed by atoms with Crippen LogP contribution in [0.2, 0.25) is 0 Å². The Morgan fingerprint density at radius 2 is 1.78 bits per heavy atom. The number of hydrogen-bond donors (Lipinski definition) is 1. The van der Waals surface area contributed by atoms with E-state index in [-0.39, 0.29) is 18.1 Å². The molecule has 7 heteroatoms. The molecule has 3 rings (SSSR count). The number of nitro benzene ring substituents is 1. The van der Waals surface area contributed by atoms with Crippen LogP contribution in [0.15, 0.2) is 65.1 Å². The van der Waals surface area contributed by atoms with Crippen molar-refractivity contribution in [1.29, 1.82) is 0 Å². The molecule has 0 aliphatic heterocycles. The van der Waals surface area contributed by atoms with Gasteiger partial charge in [-0.2, -0.15) is 0 Å². The van der Waals surface area contributed by atoms with Crippen molar-refractivity contribution in [3.8, 4) is 5.75 Å². The highest BCUT2D eigenvalue weighted by molar-refractivity contribution is 6.02. The van der Waals surface area contributed by atoms with Crippen LogP contribution in [0.5, 0.6) is 5.75 Å². The van der Waals surface area contributed by atoms with E-state index in [2.05, 4.69) is 12.2 Å². The third kappa shape index (κ3) is 4.72. The Morgan fingerprint density at radius 1 is 1.07 bits per heavy atom. The van der Waals surface area contributed by atoms with Crippen LogP contribution in [0.3, 0.4) is 0 Å². The lowest BCUT2D eigenvalue weighted by Gasteiger charge is -2.05. The Balaban J connectivity index is 1.57. The normalized spacial score (nSPS) is 10.4. The van der Waals surface area contributed by atoms with Crippen LogP contribution in [-0.4, -0.2) is 10.8 Å². The SMILES string of the molecule is CCc1ccc(OCc2ccc(C(=O)Nc3ccc([N+](=O)[O-])cc3)o2)cc1. The highest BCUT2D eigenvalue weighted by atomic mass is 16.6. The molecule has 1 N–H and O–H groups in total. The third-order valence-electron chi connectivity index (χ3n) is 3.93. The van der Waals surface area contributed by atoms with E-state index in [0.29, 0.717) is 11.4 Å². The van der Waals surface area contributed by atoms with E-state index in [1.807, 2.05) is 24.3 Å². The molecule has 7 nitrogen and oxygen atoms in total. The molecule has 1 heterocycles. The highest BCUT2D eigenvalue weighted by Crippen LogP contribution is 2.18. The van der Waals surface area contributed by atoms with Gasteiger partial charge in [0.25, 0.3) is 11.6 Å². The van der Waals surface area contributed by atoms with E-state index in [9.17, 15) is 14.9 Å². The quantitative estimate of drug-likeness (QED) is 0.488. The molecule has 27 heavy (non-hydrogen) atoms. The van der Waals surface area contributed by atoms with E-state index >= 15 is 0 Å². The van der Waals surface area contributed by atoms with Crippen LogP contribution >= 0.6 is 0 Å². The molecule has 0 saturated carbocycles. The fraction of sp³-hybridized carbons (Fsp3) is 0.150. The van der Waals surface area contributed by atoms with E-state index in [1.54, 1.807) is 12.1 Å². The van der Waals surface area contributed by atoms with Crippen molar-refractivity contribution in [1.82, 2.24) is 0 Å². The highest BCUT2D eigenvalue weighted by Gasteiger charge is 2.13. The average molecular weight is 366 g/mol. The number of carbonyl (C=O) groups excluding carboxylic acids is 1. The fourth-order valence-corrected chi connectivity index (χ4v) is 2.41. The minimum atomic E-state index is -0.500. The summed E-state index contributed by atoms with van der Waals surface area (Å²) in [5, 5.41) is 13.3. The Hall–Kier alpha value is -3.61. The molecule has 1 aromatic heterocycles. The number of ether oxygens (including phenoxy) is 1. The van der Waals surface area contributed by atoms with Gasteiger partial charge in [-0.1, -0.05) is 19.1 Å². The van der Waals surface area contributed by atoms with Gasteiger partial charge in [-0.3, -0.25) is 14.9 Å². The van der Waals surface area contributed by atoms with Gasteiger partial charge in [0.05, 0.1) is 4.92 Å². The van der Waals surface area contributed by atoms with Crippen molar-refractivity contribution in [3.63, 3.8) is 0 Å². The van der Waals surface area contributed by atoms with Gasteiger partial charge >= 0.3 is 0 Å². The number of rotatable bonds is 7. The zero-order chi connectivity index (χ0) is 19.2. The second kappa shape index (κ2) is 8.18. The van der Waals surface area contributed by atoms with Crippen LogP contribution in [0.25, 0.3) is 0 Å². The van der Waals surface area contributed by atoms with Gasteiger partial charge in [0, 0.05) is 17.8 Å². The number of aryl methyl sites for hydroxylation is 1. The maximum absolute atomic E-state index is 12.2. The molecule has 2 aromatic carbocycles. The molecule has 0 bridgehead atoms. The van der Waals surface area contributed by atoms with Gasteiger partial charge in [0.2, 0.25) is 0 Å². The van der Waals surface area contributed by atoms with Crippen molar-refractivity contribution in [2.24, 2.45) is 0 Å². The van der Waals surface area contributed by atoms with Crippen LogP contribution < -0.4 is 10.1 Å². The van der Waals surface area contributed by atoms with E-state index in [4.69, 9.17) is 9.15 Å². The first kappa shape index (κ1) is 18.2. The van der Waals surface area contributed by atoms with Gasteiger partial charge in [0.15, 0.2) is 5.76 Å². The number of furan rings is 1. The first-order chi connectivity index (χ1) is 13.0. The Labute approximate surface area is 155 Å². The average Bonchev–Trinajstić information content (AvgIpc) is 3.16. The topological polar surface area (TPSA) is 94.6 Å². The molecular formula is C20H18N2O5. The first-order valence-electron chi connectivity index (χ1n) is 8.41. The monoisotopic (exact) mass is 366 g/mol. The maximum atomic E-state index is 12.2. The van der Waals surface area contributed by atoms with Gasteiger partial charge in [-0.25, -0.2) is 0 Å². The smallest absolute Gasteiger partial charge is 0.291 e. The number of amides is 1. The summed E-state index contributed by atoms with van der Waals surface area (Å²) in [6.07, 6.45) is 0.964. The summed E-state index contributed by atoms with van der Waals surface area (Å²) in [6, 6.07) is 16.6. The molecule has 0 unspecified atom stereocenters. The minimum absolute atomic E-state index is 0.0441. The van der Waals surface area contributed by atoms with Gasteiger partial charge in [-0.05, 0) is 48.4 Å². The van der Waals surface area contributed by atoms with E-state index in [1.165, 1.54) is 29.8 Å². The van der Waals surface area contributed by atoms with E-state index < -0.39 is 10.8 Å². The summed E-state index contributed by atoms with van der Waals surface area (Å²) in [7, 11) is 0. The van der Waals surface area contributed by atoms with Crippen LogP contribution in [0, 0.1) is 10.1 Å². The van der Waals surface area contributed by atoms with Crippen LogP contribution in [0.4, 0.5) is 11.4 Å². The molecule has 0 aliphatic carbocycles. The summed E-state index contributed by atoms with van der Waals surface area (Å²) in [5.74, 6) is 0.930. The lowest BCUT2D eigenvalue weighted by Crippen LogP contribution is -2.10. The number of hydrogen-bond acceptors (Lipinski definition) is 5. The molecule has 1 amide bonds. The van der Waals surface area contributed by atoms with Crippen LogP contribution in [0.1, 0.15) is 28.8 Å². The van der Waals surface area contributed by atoms with Crippen molar-refractivity contribution in [2.45, 2.75) is 20.0 Å². The molecule has 0 fully saturated rings. The number of nitrogens with zero attached hydrogens (tertiary/aromatic N) is 1. The lowest BCUT2D eigenvalue weighted by atomic mass is 10.2. The zero-order valence-corrected chi connectivity index (χ0v) is 14.7. The Kier molecular flexibility index (Phi) is 5.51. The van der Waals surface area contributed by atoms with Crippen molar-refractivity contribution in [3.05, 3.63) is 87.9 Å².